The fourth-order valence-corrected chi connectivity index (χ4v) is 13.5. The zero-order chi connectivity index (χ0) is 66.0. The van der Waals surface area contributed by atoms with Crippen molar-refractivity contribution in [2.75, 3.05) is 0 Å². The molecule has 79 heavy (non-hydrogen) atoms. The van der Waals surface area contributed by atoms with Gasteiger partial charge in [-0.1, -0.05) is 194 Å². The first-order valence-electron chi connectivity index (χ1n) is 33.3. The van der Waals surface area contributed by atoms with Crippen molar-refractivity contribution < 1.29 is 21.9 Å². The van der Waals surface area contributed by atoms with E-state index in [1.54, 1.807) is 0 Å². The summed E-state index contributed by atoms with van der Waals surface area (Å²) in [5.41, 5.74) is 1.93. The second-order valence-electron chi connectivity index (χ2n) is 19.3. The van der Waals surface area contributed by atoms with Gasteiger partial charge in [-0.3, -0.25) is 0 Å². The first-order valence-corrected chi connectivity index (χ1v) is 26.1. The molecule has 0 bridgehead atoms. The van der Waals surface area contributed by atoms with E-state index in [2.05, 4.69) is 12.1 Å². The number of rotatable bonds is 5. The topological polar surface area (TPSA) is 67.3 Å². The monoisotopic (exact) mass is 1040 g/mol. The third-order valence-corrected chi connectivity index (χ3v) is 16.6. The first kappa shape index (κ1) is 30.8. The van der Waals surface area contributed by atoms with E-state index in [4.69, 9.17) is 5.48 Å². The maximum atomic E-state index is 13.1. The van der Waals surface area contributed by atoms with Crippen LogP contribution in [-0.2, 0) is 0 Å². The molecule has 7 heteroatoms. The standard InChI is InChI=1S/C72H40N6S/c73-41-56-67(75-58-31-10-3-22-46(58)47-23-4-11-32-59(47)75)68(76-60-33-12-5-24-48(60)49-25-6-13-34-61(49)76)57(42-74)70(69(56)77-62-35-14-7-26-50(62)51-27-8-15-36-63(51)77)78-64-37-18-30-53(45-29-17-20-43-19-1-2-21-44(43)45)66(64)55-40-39-54-52-28-9-16-38-65(52)79-72(54)71(55)78/h1-40H/i1D,2D,9D,16D,17D,18D,19D,20D,21D,28D,29D,30D,37D,38D,39D,40D. The molecule has 0 unspecified atom stereocenters. The van der Waals surface area contributed by atoms with Crippen LogP contribution in [0.15, 0.2) is 242 Å². The number of fused-ring (bicyclic) bond motifs is 17. The molecule has 0 saturated carbocycles. The van der Waals surface area contributed by atoms with Crippen LogP contribution in [0.4, 0.5) is 0 Å². The molecule has 364 valence electrons. The highest BCUT2D eigenvalue weighted by Gasteiger charge is 2.35. The van der Waals surface area contributed by atoms with Crippen molar-refractivity contribution >= 4 is 130 Å². The van der Waals surface area contributed by atoms with Crippen LogP contribution >= 0.6 is 11.3 Å². The van der Waals surface area contributed by atoms with Crippen LogP contribution in [0.1, 0.15) is 33.1 Å². The van der Waals surface area contributed by atoms with E-state index in [9.17, 15) is 27.0 Å². The van der Waals surface area contributed by atoms with Crippen molar-refractivity contribution in [3.05, 3.63) is 253 Å². The molecule has 0 spiro atoms. The molecule has 0 aliphatic rings. The molecule has 0 N–H and O–H groups in total. The van der Waals surface area contributed by atoms with E-state index in [0.29, 0.717) is 43.9 Å². The van der Waals surface area contributed by atoms with Crippen molar-refractivity contribution in [2.45, 2.75) is 0 Å². The van der Waals surface area contributed by atoms with Gasteiger partial charge in [0.15, 0.2) is 0 Å². The number of aromatic nitrogens is 4. The number of para-hydroxylation sites is 6. The summed E-state index contributed by atoms with van der Waals surface area (Å²) in [5.74, 6) is 0. The van der Waals surface area contributed by atoms with Crippen LogP contribution in [0.25, 0.3) is 152 Å². The van der Waals surface area contributed by atoms with Crippen LogP contribution in [0.5, 0.6) is 0 Å². The molecule has 0 saturated heterocycles. The number of nitrogens with zero attached hydrogens (tertiary/aromatic N) is 6. The minimum absolute atomic E-state index is 0.00336. The SMILES string of the molecule is [2H]c1c([2H])c([2H])c2c(sc3c2c([2H])c([2H])c2c4c(-c5c([2H])c([2H])c([2H])c6c([2H])c([2H])c([2H])c([2H])c56)c([2H])c([2H])c([2H])c4n(-c4c(C#N)c(-n5c6ccccc6c6ccccc65)c(-n5c6ccccc6c6ccccc65)c(C#N)c4-n4c5ccccc5c5ccccc54)c32)c1[2H]. The number of thiophene rings is 1. The van der Waals surface area contributed by atoms with Gasteiger partial charge in [0.25, 0.3) is 0 Å². The van der Waals surface area contributed by atoms with Crippen molar-refractivity contribution in [2.24, 2.45) is 0 Å². The van der Waals surface area contributed by atoms with E-state index >= 15 is 0 Å². The van der Waals surface area contributed by atoms with E-state index < -0.39 is 119 Å². The van der Waals surface area contributed by atoms with Crippen LogP contribution in [0.2, 0.25) is 0 Å². The van der Waals surface area contributed by atoms with Crippen molar-refractivity contribution in [3.8, 4) is 46.0 Å². The average Bonchev–Trinajstić information content (AvgIpc) is 1.54. The first-order chi connectivity index (χ1) is 45.9. The normalized spacial score (nSPS) is 14.9. The molecular formula is C72H40N6S. The second-order valence-corrected chi connectivity index (χ2v) is 20.3. The van der Waals surface area contributed by atoms with Gasteiger partial charge in [0.2, 0.25) is 0 Å². The summed E-state index contributed by atoms with van der Waals surface area (Å²) in [6, 6.07) is 39.6. The molecule has 5 heterocycles. The third kappa shape index (κ3) is 5.81. The zero-order valence-corrected chi connectivity index (χ0v) is 41.8. The van der Waals surface area contributed by atoms with Crippen molar-refractivity contribution in [1.29, 1.82) is 10.5 Å². The Morgan fingerprint density at radius 3 is 1.22 bits per heavy atom. The molecule has 17 aromatic rings. The van der Waals surface area contributed by atoms with Crippen LogP contribution < -0.4 is 0 Å². The predicted molar refractivity (Wildman–Crippen MR) is 329 cm³/mol. The number of hydrogen-bond acceptors (Lipinski definition) is 3. The quantitative estimate of drug-likeness (QED) is 0.172. The minimum atomic E-state index is -0.835. The van der Waals surface area contributed by atoms with Gasteiger partial charge in [-0.15, -0.1) is 11.3 Å². The molecular weight excluding hydrogens is 981 g/mol. The highest BCUT2D eigenvalue weighted by atomic mass is 32.1. The molecule has 12 aromatic carbocycles. The summed E-state index contributed by atoms with van der Waals surface area (Å²) in [6.07, 6.45) is 0. The Balaban J connectivity index is 1.25. The fourth-order valence-electron chi connectivity index (χ4n) is 12.4. The van der Waals surface area contributed by atoms with Crippen molar-refractivity contribution in [1.82, 2.24) is 18.3 Å². The lowest BCUT2D eigenvalue weighted by atomic mass is 9.94. The minimum Gasteiger partial charge on any atom is -0.306 e. The largest absolute Gasteiger partial charge is 0.306 e. The van der Waals surface area contributed by atoms with E-state index in [1.807, 2.05) is 159 Å². The highest BCUT2D eigenvalue weighted by molar-refractivity contribution is 7.26. The lowest BCUT2D eigenvalue weighted by Gasteiger charge is -2.27. The van der Waals surface area contributed by atoms with Crippen LogP contribution in [0.3, 0.4) is 0 Å². The maximum absolute atomic E-state index is 13.1. The Morgan fingerprint density at radius 1 is 0.329 bits per heavy atom. The lowest BCUT2D eigenvalue weighted by molar-refractivity contribution is 1.03. The average molecular weight is 1040 g/mol. The molecule has 0 atom stereocenters. The maximum Gasteiger partial charge on any atom is 0.104 e. The second kappa shape index (κ2) is 16.4. The van der Waals surface area contributed by atoms with Gasteiger partial charge in [-0.05, 0) is 70.4 Å². The van der Waals surface area contributed by atoms with Crippen molar-refractivity contribution in [3.63, 3.8) is 0 Å². The Morgan fingerprint density at radius 2 is 0.722 bits per heavy atom. The van der Waals surface area contributed by atoms with Gasteiger partial charge in [-0.25, -0.2) is 0 Å². The summed E-state index contributed by atoms with van der Waals surface area (Å²) in [7, 11) is 0. The van der Waals surface area contributed by atoms with Gasteiger partial charge in [-0.2, -0.15) is 10.5 Å². The summed E-state index contributed by atoms with van der Waals surface area (Å²) < 4.78 is 160. The van der Waals surface area contributed by atoms with Gasteiger partial charge in [0, 0.05) is 58.6 Å². The van der Waals surface area contributed by atoms with Gasteiger partial charge >= 0.3 is 0 Å². The Bertz CT molecular complexity index is 6430. The van der Waals surface area contributed by atoms with Crippen LogP contribution in [0, 0.1) is 22.7 Å². The van der Waals surface area contributed by atoms with Gasteiger partial charge in [0.05, 0.1) is 93.5 Å². The molecule has 0 amide bonds. The van der Waals surface area contributed by atoms with E-state index in [0.717, 1.165) is 32.9 Å². The molecule has 17 rings (SSSR count). The molecule has 0 aliphatic carbocycles. The number of benzene rings is 12. The van der Waals surface area contributed by atoms with Gasteiger partial charge in [0.1, 0.15) is 23.3 Å². The Hall–Kier alpha value is -10.7. The number of nitriles is 2. The molecule has 0 radical (unpaired) electrons. The highest BCUT2D eigenvalue weighted by Crippen LogP contribution is 2.52. The Kier molecular flexibility index (Phi) is 6.38. The zero-order valence-electron chi connectivity index (χ0n) is 56.9. The smallest absolute Gasteiger partial charge is 0.104 e. The summed E-state index contributed by atoms with van der Waals surface area (Å²) in [5, 5.41) is 28.8. The van der Waals surface area contributed by atoms with Gasteiger partial charge < -0.3 is 18.3 Å². The lowest BCUT2D eigenvalue weighted by Crippen LogP contribution is -2.16. The van der Waals surface area contributed by atoms with E-state index in [-0.39, 0.29) is 75.9 Å². The molecule has 6 nitrogen and oxygen atoms in total. The molecule has 0 aliphatic heterocycles. The summed E-state index contributed by atoms with van der Waals surface area (Å²) in [6.45, 7) is 0. The third-order valence-electron chi connectivity index (χ3n) is 15.5. The number of hydrogen-bond donors (Lipinski definition) is 0. The molecule has 0 fully saturated rings. The summed E-state index contributed by atoms with van der Waals surface area (Å²) in [4.78, 5) is 0. The Labute approximate surface area is 478 Å². The van der Waals surface area contributed by atoms with E-state index in [1.165, 1.54) is 4.57 Å². The summed E-state index contributed by atoms with van der Waals surface area (Å²) >= 11 is 0.831. The molecule has 5 aromatic heterocycles. The fraction of sp³-hybridized carbons (Fsp3) is 0. The predicted octanol–water partition coefficient (Wildman–Crippen LogP) is 19.0. The van der Waals surface area contributed by atoms with Crippen LogP contribution in [-0.4, -0.2) is 18.3 Å².